The Hall–Kier alpha value is -2.50. The summed E-state index contributed by atoms with van der Waals surface area (Å²) < 4.78 is 7.67. The zero-order valence-corrected chi connectivity index (χ0v) is 16.5. The number of ether oxygens (including phenoxy) is 1. The van der Waals surface area contributed by atoms with E-state index in [-0.39, 0.29) is 12.5 Å². The van der Waals surface area contributed by atoms with Crippen molar-refractivity contribution in [1.82, 2.24) is 9.47 Å². The molecular formula is C21H28N2O4. The molecule has 1 aliphatic rings. The number of amides is 1. The molecule has 1 aromatic heterocycles. The zero-order chi connectivity index (χ0) is 19.7. The fourth-order valence-corrected chi connectivity index (χ4v) is 4.21. The van der Waals surface area contributed by atoms with E-state index in [9.17, 15) is 9.59 Å². The first-order valence-electron chi connectivity index (χ1n) is 9.52. The molecule has 1 saturated carbocycles. The minimum Gasteiger partial charge on any atom is -0.497 e. The van der Waals surface area contributed by atoms with Crippen molar-refractivity contribution in [3.05, 3.63) is 29.5 Å². The molecule has 1 N–H and O–H groups in total. The fraction of sp³-hybridized carbons (Fsp3) is 0.524. The van der Waals surface area contributed by atoms with Gasteiger partial charge in [-0.15, -0.1) is 0 Å². The van der Waals surface area contributed by atoms with E-state index in [1.54, 1.807) is 21.1 Å². The average Bonchev–Trinajstić information content (AvgIpc) is 3.25. The Bertz CT molecular complexity index is 865. The van der Waals surface area contributed by atoms with Crippen LogP contribution >= 0.6 is 0 Å². The summed E-state index contributed by atoms with van der Waals surface area (Å²) >= 11 is 0. The third-order valence-electron chi connectivity index (χ3n) is 5.68. The number of carboxylic acids is 1. The SMILES string of the molecule is COc1ccc2c(c1)c(C(=O)N(C)CC(C)C(=O)O)c(C)n2C1CCCC1. The topological polar surface area (TPSA) is 71.8 Å². The predicted molar refractivity (Wildman–Crippen MR) is 104 cm³/mol. The van der Waals surface area contributed by atoms with Gasteiger partial charge < -0.3 is 19.3 Å². The molecule has 27 heavy (non-hydrogen) atoms. The van der Waals surface area contributed by atoms with E-state index in [0.717, 1.165) is 29.4 Å². The van der Waals surface area contributed by atoms with Crippen molar-refractivity contribution in [3.63, 3.8) is 0 Å². The van der Waals surface area contributed by atoms with Gasteiger partial charge in [-0.05, 0) is 38.0 Å². The molecule has 1 heterocycles. The highest BCUT2D eigenvalue weighted by atomic mass is 16.5. The molecule has 1 fully saturated rings. The van der Waals surface area contributed by atoms with E-state index in [1.165, 1.54) is 17.7 Å². The Morgan fingerprint density at radius 3 is 2.59 bits per heavy atom. The number of carbonyl (C=O) groups is 2. The maximum Gasteiger partial charge on any atom is 0.308 e. The molecule has 3 rings (SSSR count). The van der Waals surface area contributed by atoms with E-state index >= 15 is 0 Å². The Morgan fingerprint density at radius 2 is 2.00 bits per heavy atom. The number of rotatable bonds is 6. The van der Waals surface area contributed by atoms with E-state index in [4.69, 9.17) is 9.84 Å². The molecule has 1 aromatic carbocycles. The van der Waals surface area contributed by atoms with E-state index in [2.05, 4.69) is 4.57 Å². The van der Waals surface area contributed by atoms with Crippen LogP contribution in [0, 0.1) is 12.8 Å². The molecule has 2 aromatic rings. The first kappa shape index (κ1) is 19.3. The summed E-state index contributed by atoms with van der Waals surface area (Å²) in [4.78, 5) is 25.9. The maximum atomic E-state index is 13.2. The summed E-state index contributed by atoms with van der Waals surface area (Å²) in [6.45, 7) is 3.78. The molecule has 1 unspecified atom stereocenters. The lowest BCUT2D eigenvalue weighted by Gasteiger charge is -2.20. The number of carboxylic acid groups (broad SMARTS) is 1. The molecule has 1 atom stereocenters. The summed E-state index contributed by atoms with van der Waals surface area (Å²) in [5, 5.41) is 10.0. The lowest BCUT2D eigenvalue weighted by Crippen LogP contribution is -2.34. The van der Waals surface area contributed by atoms with Crippen LogP contribution in [-0.4, -0.2) is 47.2 Å². The van der Waals surface area contributed by atoms with Crippen molar-refractivity contribution in [2.75, 3.05) is 20.7 Å². The molecule has 1 aliphatic carbocycles. The monoisotopic (exact) mass is 372 g/mol. The summed E-state index contributed by atoms with van der Waals surface area (Å²) in [5.74, 6) is -0.948. The minimum absolute atomic E-state index is 0.143. The normalized spacial score (nSPS) is 15.9. The quantitative estimate of drug-likeness (QED) is 0.836. The van der Waals surface area contributed by atoms with Crippen molar-refractivity contribution in [2.24, 2.45) is 5.92 Å². The van der Waals surface area contributed by atoms with Gasteiger partial charge in [-0.3, -0.25) is 9.59 Å². The number of methoxy groups -OCH3 is 1. The Kier molecular flexibility index (Phi) is 5.44. The summed E-state index contributed by atoms with van der Waals surface area (Å²) in [7, 11) is 3.28. The van der Waals surface area contributed by atoms with Gasteiger partial charge in [-0.25, -0.2) is 0 Å². The second-order valence-electron chi connectivity index (χ2n) is 7.58. The number of fused-ring (bicyclic) bond motifs is 1. The largest absolute Gasteiger partial charge is 0.497 e. The number of hydrogen-bond acceptors (Lipinski definition) is 3. The Labute approximate surface area is 159 Å². The van der Waals surface area contributed by atoms with Crippen LogP contribution in [0.5, 0.6) is 5.75 Å². The van der Waals surface area contributed by atoms with Gasteiger partial charge in [0.25, 0.3) is 5.91 Å². The number of nitrogens with zero attached hydrogens (tertiary/aromatic N) is 2. The predicted octanol–water partition coefficient (Wildman–Crippen LogP) is 3.87. The van der Waals surface area contributed by atoms with Crippen LogP contribution in [0.1, 0.15) is 54.7 Å². The molecule has 0 spiro atoms. The van der Waals surface area contributed by atoms with E-state index in [0.29, 0.717) is 17.4 Å². The third-order valence-corrected chi connectivity index (χ3v) is 5.68. The van der Waals surface area contributed by atoms with Crippen LogP contribution in [0.2, 0.25) is 0 Å². The van der Waals surface area contributed by atoms with Crippen molar-refractivity contribution < 1.29 is 19.4 Å². The Balaban J connectivity index is 2.09. The van der Waals surface area contributed by atoms with Gasteiger partial charge in [-0.2, -0.15) is 0 Å². The first-order chi connectivity index (χ1) is 12.8. The highest BCUT2D eigenvalue weighted by Crippen LogP contribution is 2.38. The third kappa shape index (κ3) is 3.53. The summed E-state index contributed by atoms with van der Waals surface area (Å²) in [6, 6.07) is 6.27. The van der Waals surface area contributed by atoms with Crippen LogP contribution in [-0.2, 0) is 4.79 Å². The van der Waals surface area contributed by atoms with Gasteiger partial charge in [0, 0.05) is 36.2 Å². The Morgan fingerprint density at radius 1 is 1.33 bits per heavy atom. The van der Waals surface area contributed by atoms with Gasteiger partial charge >= 0.3 is 5.97 Å². The fourth-order valence-electron chi connectivity index (χ4n) is 4.21. The maximum absolute atomic E-state index is 13.2. The number of carbonyl (C=O) groups excluding carboxylic acids is 1. The van der Waals surface area contributed by atoms with Crippen LogP contribution in [0.15, 0.2) is 18.2 Å². The number of benzene rings is 1. The van der Waals surface area contributed by atoms with Crippen molar-refractivity contribution in [3.8, 4) is 5.75 Å². The minimum atomic E-state index is -0.901. The summed E-state index contributed by atoms with van der Waals surface area (Å²) in [6.07, 6.45) is 4.66. The zero-order valence-electron chi connectivity index (χ0n) is 16.5. The number of hydrogen-bond donors (Lipinski definition) is 1. The molecule has 0 aliphatic heterocycles. The number of aliphatic carboxylic acids is 1. The van der Waals surface area contributed by atoms with Gasteiger partial charge in [0.15, 0.2) is 0 Å². The molecule has 6 nitrogen and oxygen atoms in total. The van der Waals surface area contributed by atoms with E-state index < -0.39 is 11.9 Å². The molecule has 1 amide bonds. The second-order valence-corrected chi connectivity index (χ2v) is 7.58. The van der Waals surface area contributed by atoms with Gasteiger partial charge in [0.2, 0.25) is 0 Å². The van der Waals surface area contributed by atoms with Crippen LogP contribution in [0.3, 0.4) is 0 Å². The molecular weight excluding hydrogens is 344 g/mol. The second kappa shape index (κ2) is 7.62. The smallest absolute Gasteiger partial charge is 0.308 e. The van der Waals surface area contributed by atoms with Gasteiger partial charge in [0.05, 0.1) is 18.6 Å². The molecule has 146 valence electrons. The molecule has 0 radical (unpaired) electrons. The highest BCUT2D eigenvalue weighted by Gasteiger charge is 2.28. The van der Waals surface area contributed by atoms with Gasteiger partial charge in [0.1, 0.15) is 5.75 Å². The number of aromatic nitrogens is 1. The van der Waals surface area contributed by atoms with E-state index in [1.807, 2.05) is 25.1 Å². The standard InChI is InChI=1S/C21H28N2O4/c1-13(21(25)26)12-22(3)20(24)19-14(2)23(15-7-5-6-8-15)18-10-9-16(27-4)11-17(18)19/h9-11,13,15H,5-8,12H2,1-4H3,(H,25,26). The van der Waals surface area contributed by atoms with Crippen molar-refractivity contribution in [1.29, 1.82) is 0 Å². The first-order valence-corrected chi connectivity index (χ1v) is 9.52. The van der Waals surface area contributed by atoms with Crippen molar-refractivity contribution in [2.45, 2.75) is 45.6 Å². The highest BCUT2D eigenvalue weighted by molar-refractivity contribution is 6.08. The molecule has 6 heteroatoms. The molecule has 0 saturated heterocycles. The van der Waals surface area contributed by atoms with Crippen LogP contribution in [0.25, 0.3) is 10.9 Å². The van der Waals surface area contributed by atoms with Crippen LogP contribution in [0.4, 0.5) is 0 Å². The lowest BCUT2D eigenvalue weighted by atomic mass is 10.1. The van der Waals surface area contributed by atoms with Crippen LogP contribution < -0.4 is 4.74 Å². The van der Waals surface area contributed by atoms with Crippen molar-refractivity contribution >= 4 is 22.8 Å². The molecule has 0 bridgehead atoms. The van der Waals surface area contributed by atoms with Gasteiger partial charge in [-0.1, -0.05) is 19.8 Å². The summed E-state index contributed by atoms with van der Waals surface area (Å²) in [5.41, 5.74) is 2.64. The lowest BCUT2D eigenvalue weighted by molar-refractivity contribution is -0.141. The average molecular weight is 372 g/mol.